The van der Waals surface area contributed by atoms with E-state index in [-0.39, 0.29) is 6.42 Å². The predicted molar refractivity (Wildman–Crippen MR) is 116 cm³/mol. The first kappa shape index (κ1) is 24.1. The van der Waals surface area contributed by atoms with Crippen LogP contribution in [0.1, 0.15) is 26.3 Å². The molecular weight excluding hydrogens is 394 g/mol. The normalized spacial score (nSPS) is 11.5. The van der Waals surface area contributed by atoms with Gasteiger partial charge in [-0.1, -0.05) is 29.8 Å². The summed E-state index contributed by atoms with van der Waals surface area (Å²) in [4.78, 5) is 23.7. The molecule has 1 atom stereocenters. The van der Waals surface area contributed by atoms with E-state index in [2.05, 4.69) is 5.32 Å². The minimum absolute atomic E-state index is 0.149. The maximum Gasteiger partial charge on any atom is 0.408 e. The number of nitrogens with two attached hydrogens (primary N) is 2. The first-order chi connectivity index (χ1) is 13.5. The Morgan fingerprint density at radius 3 is 2.17 bits per heavy atom. The lowest BCUT2D eigenvalue weighted by atomic mass is 10.1. The number of carbonyl (C=O) groups excluding carboxylic acids is 2. The molecule has 0 radical (unpaired) electrons. The van der Waals surface area contributed by atoms with E-state index in [1.165, 1.54) is 7.11 Å². The Bertz CT molecular complexity index is 807. The standard InChI is InChI=1S/C15H21ClN2O4.C6H7N/c1-15(2,3)22-14(20)18-12(13(19)21-4)8-9-7-10(17)5-6-11(9)16;7-6-4-2-1-3-5-6/h5-7,12H,8,17H2,1-4H3,(H,18,20);1-5H,7H2/t12-;/m0./s1. The maximum atomic E-state index is 11.8. The number of carbonyl (C=O) groups is 2. The van der Waals surface area contributed by atoms with Crippen LogP contribution in [0, 0.1) is 0 Å². The number of amides is 1. The summed E-state index contributed by atoms with van der Waals surface area (Å²) in [5.74, 6) is -0.593. The van der Waals surface area contributed by atoms with Gasteiger partial charge >= 0.3 is 12.1 Å². The molecule has 5 N–H and O–H groups in total. The van der Waals surface area contributed by atoms with Gasteiger partial charge < -0.3 is 26.3 Å². The lowest BCUT2D eigenvalue weighted by Crippen LogP contribution is -2.45. The van der Waals surface area contributed by atoms with Gasteiger partial charge in [-0.05, 0) is 56.7 Å². The minimum atomic E-state index is -0.917. The fourth-order valence-corrected chi connectivity index (χ4v) is 2.40. The number of para-hydroxylation sites is 1. The van der Waals surface area contributed by atoms with E-state index >= 15 is 0 Å². The highest BCUT2D eigenvalue weighted by Gasteiger charge is 2.26. The summed E-state index contributed by atoms with van der Waals surface area (Å²) in [7, 11) is 1.24. The molecular formula is C21H28ClN3O4. The Labute approximate surface area is 176 Å². The molecule has 0 spiro atoms. The van der Waals surface area contributed by atoms with Crippen molar-refractivity contribution in [1.82, 2.24) is 5.32 Å². The molecule has 8 heteroatoms. The van der Waals surface area contributed by atoms with Crippen molar-refractivity contribution in [3.63, 3.8) is 0 Å². The van der Waals surface area contributed by atoms with Gasteiger partial charge in [-0.2, -0.15) is 0 Å². The van der Waals surface area contributed by atoms with Crippen LogP contribution in [0.4, 0.5) is 16.2 Å². The number of alkyl carbamates (subject to hydrolysis) is 1. The van der Waals surface area contributed by atoms with Gasteiger partial charge in [0.25, 0.3) is 0 Å². The summed E-state index contributed by atoms with van der Waals surface area (Å²) >= 11 is 6.08. The largest absolute Gasteiger partial charge is 0.467 e. The molecule has 0 bridgehead atoms. The number of nitrogens with one attached hydrogen (secondary N) is 1. The summed E-state index contributed by atoms with van der Waals surface area (Å²) in [6.45, 7) is 5.19. The van der Waals surface area contributed by atoms with Crippen LogP contribution in [0.2, 0.25) is 5.02 Å². The fourth-order valence-electron chi connectivity index (χ4n) is 2.21. The molecule has 0 aliphatic rings. The number of rotatable bonds is 4. The van der Waals surface area contributed by atoms with E-state index in [0.717, 1.165) is 5.69 Å². The van der Waals surface area contributed by atoms with E-state index in [9.17, 15) is 9.59 Å². The van der Waals surface area contributed by atoms with Crippen LogP contribution in [-0.2, 0) is 20.7 Å². The minimum Gasteiger partial charge on any atom is -0.467 e. The summed E-state index contributed by atoms with van der Waals surface area (Å²) in [5.41, 5.74) is 12.4. The molecule has 0 aliphatic heterocycles. The summed E-state index contributed by atoms with van der Waals surface area (Å²) in [5, 5.41) is 2.94. The van der Waals surface area contributed by atoms with Crippen molar-refractivity contribution in [2.24, 2.45) is 0 Å². The van der Waals surface area contributed by atoms with Crippen molar-refractivity contribution < 1.29 is 19.1 Å². The molecule has 0 unspecified atom stereocenters. The number of esters is 1. The molecule has 0 aromatic heterocycles. The van der Waals surface area contributed by atoms with Crippen LogP contribution >= 0.6 is 11.6 Å². The third-order valence-electron chi connectivity index (χ3n) is 3.47. The van der Waals surface area contributed by atoms with Crippen LogP contribution in [0.25, 0.3) is 0 Å². The van der Waals surface area contributed by atoms with Crippen molar-refractivity contribution in [3.8, 4) is 0 Å². The van der Waals surface area contributed by atoms with Gasteiger partial charge in [0.15, 0.2) is 0 Å². The molecule has 2 rings (SSSR count). The molecule has 0 fully saturated rings. The molecule has 2 aromatic carbocycles. The number of hydrogen-bond acceptors (Lipinski definition) is 6. The van der Waals surface area contributed by atoms with Gasteiger partial charge in [0.05, 0.1) is 7.11 Å². The molecule has 1 amide bonds. The topological polar surface area (TPSA) is 117 Å². The number of ether oxygens (including phenoxy) is 2. The van der Waals surface area contributed by atoms with Crippen molar-refractivity contribution in [2.75, 3.05) is 18.6 Å². The highest BCUT2D eigenvalue weighted by Crippen LogP contribution is 2.21. The zero-order chi connectivity index (χ0) is 22.0. The Kier molecular flexibility index (Phi) is 9.28. The van der Waals surface area contributed by atoms with Gasteiger partial charge in [0, 0.05) is 22.8 Å². The molecule has 7 nitrogen and oxygen atoms in total. The number of nitrogen functional groups attached to an aromatic ring is 2. The SMILES string of the molecule is COC(=O)[C@H](Cc1cc(N)ccc1Cl)NC(=O)OC(C)(C)C.Nc1ccccc1. The number of benzene rings is 2. The molecule has 29 heavy (non-hydrogen) atoms. The molecule has 2 aromatic rings. The second-order valence-corrected chi connectivity index (χ2v) is 7.59. The monoisotopic (exact) mass is 421 g/mol. The molecule has 158 valence electrons. The van der Waals surface area contributed by atoms with Gasteiger partial charge in [-0.3, -0.25) is 0 Å². The second kappa shape index (κ2) is 11.2. The first-order valence-electron chi connectivity index (χ1n) is 8.93. The number of anilines is 2. The van der Waals surface area contributed by atoms with E-state index in [1.54, 1.807) is 39.0 Å². The first-order valence-corrected chi connectivity index (χ1v) is 9.31. The smallest absolute Gasteiger partial charge is 0.408 e. The molecule has 0 aliphatic carbocycles. The Morgan fingerprint density at radius 1 is 1.07 bits per heavy atom. The van der Waals surface area contributed by atoms with Crippen LogP contribution in [-0.4, -0.2) is 30.8 Å². The number of methoxy groups -OCH3 is 1. The fraction of sp³-hybridized carbons (Fsp3) is 0.333. The quantitative estimate of drug-likeness (QED) is 0.510. The lowest BCUT2D eigenvalue weighted by Gasteiger charge is -2.23. The Hall–Kier alpha value is -2.93. The molecule has 0 heterocycles. The molecule has 0 saturated carbocycles. The predicted octanol–water partition coefficient (Wildman–Crippen LogP) is 3.80. The number of halogens is 1. The van der Waals surface area contributed by atoms with Crippen LogP contribution in [0.3, 0.4) is 0 Å². The molecule has 0 saturated heterocycles. The van der Waals surface area contributed by atoms with Crippen molar-refractivity contribution in [3.05, 3.63) is 59.1 Å². The van der Waals surface area contributed by atoms with Gasteiger partial charge in [0.2, 0.25) is 0 Å². The van der Waals surface area contributed by atoms with E-state index in [0.29, 0.717) is 16.3 Å². The van der Waals surface area contributed by atoms with Gasteiger partial charge in [-0.15, -0.1) is 0 Å². The van der Waals surface area contributed by atoms with Crippen LogP contribution in [0.15, 0.2) is 48.5 Å². The highest BCUT2D eigenvalue weighted by atomic mass is 35.5. The van der Waals surface area contributed by atoms with Crippen LogP contribution < -0.4 is 16.8 Å². The van der Waals surface area contributed by atoms with Crippen LogP contribution in [0.5, 0.6) is 0 Å². The average Bonchev–Trinajstić information content (AvgIpc) is 2.63. The zero-order valence-electron chi connectivity index (χ0n) is 17.1. The Balaban J connectivity index is 0.000000502. The number of hydrogen-bond donors (Lipinski definition) is 3. The Morgan fingerprint density at radius 2 is 1.69 bits per heavy atom. The van der Waals surface area contributed by atoms with Gasteiger partial charge in [0.1, 0.15) is 11.6 Å². The van der Waals surface area contributed by atoms with E-state index in [1.807, 2.05) is 30.3 Å². The van der Waals surface area contributed by atoms with E-state index in [4.69, 9.17) is 32.5 Å². The summed E-state index contributed by atoms with van der Waals surface area (Å²) in [6, 6.07) is 13.5. The van der Waals surface area contributed by atoms with E-state index < -0.39 is 23.7 Å². The van der Waals surface area contributed by atoms with Crippen molar-refractivity contribution in [1.29, 1.82) is 0 Å². The maximum absolute atomic E-state index is 11.8. The van der Waals surface area contributed by atoms with Crippen molar-refractivity contribution >= 4 is 35.0 Å². The highest BCUT2D eigenvalue weighted by molar-refractivity contribution is 6.31. The third kappa shape index (κ3) is 9.71. The zero-order valence-corrected chi connectivity index (χ0v) is 17.8. The average molecular weight is 422 g/mol. The summed E-state index contributed by atoms with van der Waals surface area (Å²) in [6.07, 6.45) is -0.557. The summed E-state index contributed by atoms with van der Waals surface area (Å²) < 4.78 is 9.84. The third-order valence-corrected chi connectivity index (χ3v) is 3.84. The van der Waals surface area contributed by atoms with Crippen molar-refractivity contribution in [2.45, 2.75) is 38.8 Å². The second-order valence-electron chi connectivity index (χ2n) is 7.19. The van der Waals surface area contributed by atoms with Gasteiger partial charge in [-0.25, -0.2) is 9.59 Å². The lowest BCUT2D eigenvalue weighted by molar-refractivity contribution is -0.143.